The molecule has 4 saturated heterocycles. The zero-order valence-electron chi connectivity index (χ0n) is 34.6. The van der Waals surface area contributed by atoms with Gasteiger partial charge < -0.3 is 30.5 Å². The maximum atomic E-state index is 16.1. The zero-order valence-corrected chi connectivity index (χ0v) is 34.6. The van der Waals surface area contributed by atoms with Gasteiger partial charge in [0.05, 0.1) is 59.3 Å². The number of nitrogens with one attached hydrogen (secondary N) is 2. The van der Waals surface area contributed by atoms with Crippen molar-refractivity contribution in [1.82, 2.24) is 39.1 Å². The summed E-state index contributed by atoms with van der Waals surface area (Å²) in [4.78, 5) is 66.4. The lowest BCUT2D eigenvalue weighted by atomic mass is 9.85. The number of carbonyl (C=O) groups is 3. The van der Waals surface area contributed by atoms with Gasteiger partial charge >= 0.3 is 5.69 Å². The number of morpholine rings is 1. The van der Waals surface area contributed by atoms with Crippen molar-refractivity contribution in [1.29, 1.82) is 0 Å². The van der Waals surface area contributed by atoms with Crippen molar-refractivity contribution in [2.75, 3.05) is 55.0 Å². The van der Waals surface area contributed by atoms with Crippen LogP contribution >= 0.6 is 0 Å². The molecule has 0 spiro atoms. The number of aromatic nitrogens is 6. The number of nitrogens with two attached hydrogens (primary N) is 1. The molecule has 4 N–H and O–H groups in total. The molecule has 5 aliphatic rings. The van der Waals surface area contributed by atoms with Gasteiger partial charge in [-0.1, -0.05) is 6.07 Å². The van der Waals surface area contributed by atoms with E-state index in [0.717, 1.165) is 25.5 Å². The number of hydrogen-bond acceptors (Lipinski definition) is 12. The molecular weight excluding hydrogens is 810 g/mol. The highest BCUT2D eigenvalue weighted by molar-refractivity contribution is 6.24. The summed E-state index contributed by atoms with van der Waals surface area (Å²) in [7, 11) is 3.58. The Hall–Kier alpha value is -5.76. The quantitative estimate of drug-likeness (QED) is 0.147. The molecule has 4 aliphatic heterocycles. The second kappa shape index (κ2) is 16.8. The standard InChI is InChI=1S/C42H51F3N12O5/c1-52(30-13-15-54(20-28(30)43)31-4-3-5-32-37(31)53(2)42(61)57(32)33-10-11-35(58)50-41(33)60)18-23-6-8-24(9-7-23)56-21-29(36(51-56)38(44)45)48-40(59)27(17-46)39-47-14-12-34(49-39)55-19-26-16-25(55)22-62-26/h3-5,12,14,17,21,23-26,28,30,33,38H,6-11,13,15-16,18-20,22,46H2,1-2H3,(H,48,59)(H,50,58,60)/b27-17+/t23?,24?,25-,26-,28+,30+,33-/m1/s1. The molecule has 17 nitrogen and oxygen atoms in total. The maximum absolute atomic E-state index is 16.1. The molecule has 0 radical (unpaired) electrons. The number of imidazole rings is 1. The van der Waals surface area contributed by atoms with Gasteiger partial charge in [0.1, 0.15) is 18.0 Å². The largest absolute Gasteiger partial charge is 0.404 e. The van der Waals surface area contributed by atoms with Crippen molar-refractivity contribution in [3.05, 3.63) is 64.9 Å². The smallest absolute Gasteiger partial charge is 0.329 e. The minimum Gasteiger partial charge on any atom is -0.404 e. The molecule has 0 unspecified atom stereocenters. The van der Waals surface area contributed by atoms with Crippen LogP contribution in [0.25, 0.3) is 16.6 Å². The molecule has 330 valence electrons. The molecule has 9 rings (SSSR count). The van der Waals surface area contributed by atoms with E-state index in [1.165, 1.54) is 20.0 Å². The highest BCUT2D eigenvalue weighted by atomic mass is 19.3. The number of piperidine rings is 2. The third-order valence-electron chi connectivity index (χ3n) is 13.5. The summed E-state index contributed by atoms with van der Waals surface area (Å²) >= 11 is 0. The van der Waals surface area contributed by atoms with Gasteiger partial charge in [-0.3, -0.25) is 33.5 Å². The van der Waals surface area contributed by atoms with Crippen LogP contribution in [-0.2, 0) is 26.2 Å². The lowest BCUT2D eigenvalue weighted by Gasteiger charge is -2.42. The number of imide groups is 1. The molecule has 5 fully saturated rings. The molecular formula is C42H51F3N12O5. The van der Waals surface area contributed by atoms with Crippen LogP contribution in [0.5, 0.6) is 0 Å². The minimum absolute atomic E-state index is 0.0581. The Labute approximate surface area is 355 Å². The SMILES string of the molecule is CN(CC1CCC(n2cc(NC(=O)/C(=C/N)c3nccc(N4C[C@H]5C[C@@H]4CO5)n3)c(C(F)F)n2)CC1)[C@H]1CCN(c2cccc3c2n(C)c(=O)n3[C@@H]2CCC(=O)NC2=O)C[C@@H]1F. The summed E-state index contributed by atoms with van der Waals surface area (Å²) in [5.74, 6) is -0.625. The Morgan fingerprint density at radius 2 is 1.90 bits per heavy atom. The van der Waals surface area contributed by atoms with Gasteiger partial charge in [-0.2, -0.15) is 5.10 Å². The number of ether oxygens (including phenoxy) is 1. The molecule has 3 aromatic heterocycles. The summed E-state index contributed by atoms with van der Waals surface area (Å²) in [6.07, 6.45) is 4.82. The number of carbonyl (C=O) groups excluding carboxylic acids is 3. The molecule has 5 atom stereocenters. The Bertz CT molecular complexity index is 2460. The molecule has 62 heavy (non-hydrogen) atoms. The fraction of sp³-hybridized carbons (Fsp3) is 0.548. The van der Waals surface area contributed by atoms with E-state index in [-0.39, 0.29) is 78.2 Å². The monoisotopic (exact) mass is 860 g/mol. The number of aryl methyl sites for hydroxylation is 1. The number of alkyl halides is 3. The minimum atomic E-state index is -2.94. The molecule has 1 aromatic carbocycles. The predicted molar refractivity (Wildman–Crippen MR) is 223 cm³/mol. The van der Waals surface area contributed by atoms with Crippen LogP contribution in [0.1, 0.15) is 81.4 Å². The van der Waals surface area contributed by atoms with E-state index in [2.05, 4.69) is 35.5 Å². The Kier molecular flexibility index (Phi) is 11.3. The number of hydrogen-bond donors (Lipinski definition) is 3. The Balaban J connectivity index is 0.805. The van der Waals surface area contributed by atoms with Crippen molar-refractivity contribution < 1.29 is 32.3 Å². The normalized spacial score (nSPS) is 26.9. The number of amides is 3. The number of fused-ring (bicyclic) bond motifs is 3. The average molecular weight is 861 g/mol. The van der Waals surface area contributed by atoms with Crippen LogP contribution in [0.3, 0.4) is 0 Å². The van der Waals surface area contributed by atoms with E-state index in [9.17, 15) is 28.0 Å². The number of para-hydroxylation sites is 1. The van der Waals surface area contributed by atoms with E-state index in [4.69, 9.17) is 10.5 Å². The second-order valence-corrected chi connectivity index (χ2v) is 17.2. The molecule has 3 amide bonds. The summed E-state index contributed by atoms with van der Waals surface area (Å²) in [6, 6.07) is 6.09. The topological polar surface area (TPSA) is 191 Å². The molecule has 20 heteroatoms. The predicted octanol–water partition coefficient (Wildman–Crippen LogP) is 3.44. The van der Waals surface area contributed by atoms with E-state index < -0.39 is 36.1 Å². The van der Waals surface area contributed by atoms with Gasteiger partial charge in [-0.25, -0.2) is 27.9 Å². The first-order chi connectivity index (χ1) is 29.9. The summed E-state index contributed by atoms with van der Waals surface area (Å²) in [5.41, 5.74) is 6.67. The third kappa shape index (κ3) is 7.71. The van der Waals surface area contributed by atoms with Crippen LogP contribution in [0.15, 0.2) is 47.7 Å². The van der Waals surface area contributed by atoms with Gasteiger partial charge in [-0.05, 0) is 76.1 Å². The van der Waals surface area contributed by atoms with Crippen LogP contribution in [0.2, 0.25) is 0 Å². The van der Waals surface area contributed by atoms with E-state index in [1.54, 1.807) is 31.4 Å². The van der Waals surface area contributed by atoms with Crippen molar-refractivity contribution >= 4 is 51.5 Å². The number of rotatable bonds is 11. The van der Waals surface area contributed by atoms with Gasteiger partial charge in [0.15, 0.2) is 11.5 Å². The first-order valence-corrected chi connectivity index (χ1v) is 21.3. The molecule has 4 aromatic rings. The highest BCUT2D eigenvalue weighted by Gasteiger charge is 2.40. The Morgan fingerprint density at radius 1 is 1.10 bits per heavy atom. The van der Waals surface area contributed by atoms with Gasteiger partial charge in [0.25, 0.3) is 12.3 Å². The van der Waals surface area contributed by atoms with Crippen LogP contribution < -0.4 is 31.9 Å². The first-order valence-electron chi connectivity index (χ1n) is 21.3. The maximum Gasteiger partial charge on any atom is 0.329 e. The number of nitrogens with zero attached hydrogens (tertiary/aromatic N) is 9. The van der Waals surface area contributed by atoms with E-state index in [0.29, 0.717) is 68.0 Å². The lowest BCUT2D eigenvalue weighted by Crippen LogP contribution is -2.52. The van der Waals surface area contributed by atoms with Gasteiger partial charge in [0.2, 0.25) is 11.8 Å². The molecule has 7 heterocycles. The summed E-state index contributed by atoms with van der Waals surface area (Å²) in [6.45, 7) is 2.63. The number of benzene rings is 1. The highest BCUT2D eigenvalue weighted by Crippen LogP contribution is 2.38. The number of anilines is 3. The average Bonchev–Trinajstić information content (AvgIpc) is 4.06. The zero-order chi connectivity index (χ0) is 43.4. The Morgan fingerprint density at radius 3 is 2.60 bits per heavy atom. The number of halogens is 3. The van der Waals surface area contributed by atoms with Gasteiger partial charge in [-0.15, -0.1) is 0 Å². The molecule has 1 saturated carbocycles. The summed E-state index contributed by atoms with van der Waals surface area (Å²) in [5, 5.41) is 9.15. The summed E-state index contributed by atoms with van der Waals surface area (Å²) < 4.78 is 54.9. The van der Waals surface area contributed by atoms with E-state index >= 15 is 4.39 Å². The third-order valence-corrected chi connectivity index (χ3v) is 13.5. The van der Waals surface area contributed by atoms with E-state index in [1.807, 2.05) is 18.0 Å². The van der Waals surface area contributed by atoms with Crippen molar-refractivity contribution in [3.8, 4) is 0 Å². The van der Waals surface area contributed by atoms with Crippen molar-refractivity contribution in [2.24, 2.45) is 18.7 Å². The first kappa shape index (κ1) is 41.6. The van der Waals surface area contributed by atoms with Crippen LogP contribution in [-0.4, -0.2) is 116 Å². The second-order valence-electron chi connectivity index (χ2n) is 17.2. The molecule has 1 aliphatic carbocycles. The van der Waals surface area contributed by atoms with Crippen molar-refractivity contribution in [3.63, 3.8) is 0 Å². The fourth-order valence-electron chi connectivity index (χ4n) is 10.3. The van der Waals surface area contributed by atoms with Crippen molar-refractivity contribution in [2.45, 2.75) is 94.2 Å². The van der Waals surface area contributed by atoms with Crippen LogP contribution in [0.4, 0.5) is 30.4 Å². The lowest BCUT2D eigenvalue weighted by molar-refractivity contribution is -0.135. The van der Waals surface area contributed by atoms with Gasteiger partial charge in [0, 0.05) is 57.7 Å². The van der Waals surface area contributed by atoms with Crippen LogP contribution in [0, 0.1) is 5.92 Å². The molecule has 2 bridgehead atoms. The fourth-order valence-corrected chi connectivity index (χ4v) is 10.3.